The van der Waals surface area contributed by atoms with Crippen LogP contribution < -0.4 is 4.74 Å². The quantitative estimate of drug-likeness (QED) is 0.114. The van der Waals surface area contributed by atoms with Gasteiger partial charge in [0.15, 0.2) is 0 Å². The zero-order valence-corrected chi connectivity index (χ0v) is 43.1. The first-order valence-corrected chi connectivity index (χ1v) is 24.0. The fraction of sp³-hybridized carbons (Fsp3) is 0.206. The molecule has 10 rings (SSSR count). The second-order valence-electron chi connectivity index (χ2n) is 19.2. The summed E-state index contributed by atoms with van der Waals surface area (Å²) in [7, 11) is 0. The number of aryl methyl sites for hydroxylation is 1. The zero-order valence-electron chi connectivity index (χ0n) is 40.8. The third-order valence-corrected chi connectivity index (χ3v) is 13.2. The van der Waals surface area contributed by atoms with Crippen molar-refractivity contribution in [1.82, 2.24) is 14.5 Å². The molecule has 0 radical (unpaired) electrons. The van der Waals surface area contributed by atoms with Gasteiger partial charge in [-0.1, -0.05) is 152 Å². The van der Waals surface area contributed by atoms with Crippen LogP contribution in [-0.2, 0) is 21.1 Å². The van der Waals surface area contributed by atoms with Crippen molar-refractivity contribution in [3.8, 4) is 73.4 Å². The summed E-state index contributed by atoms with van der Waals surface area (Å²) in [6.45, 7) is 20.3. The molecule has 0 saturated carbocycles. The molecule has 0 saturated heterocycles. The van der Waals surface area contributed by atoms with Crippen LogP contribution in [0.3, 0.4) is 0 Å². The van der Waals surface area contributed by atoms with Crippen LogP contribution in [0.2, 0.25) is 0 Å². The third kappa shape index (κ3) is 9.02. The van der Waals surface area contributed by atoms with Crippen molar-refractivity contribution in [3.05, 3.63) is 198 Å². The van der Waals surface area contributed by atoms with Gasteiger partial charge in [-0.05, 0) is 117 Å². The fourth-order valence-corrected chi connectivity index (χ4v) is 9.74. The van der Waals surface area contributed by atoms with E-state index in [1.807, 2.05) is 42.6 Å². The molecule has 0 aliphatic heterocycles. The third-order valence-electron chi connectivity index (χ3n) is 13.2. The monoisotopic (exact) mass is 1080 g/mol. The molecule has 0 bridgehead atoms. The number of ether oxygens (including phenoxy) is 1. The number of aromatic nitrogens is 3. The van der Waals surface area contributed by atoms with Gasteiger partial charge in [0.05, 0.1) is 16.9 Å². The summed E-state index contributed by atoms with van der Waals surface area (Å²) in [4.78, 5) is 10.3. The standard InChI is InChI=1S/C63H57N3O2.Pt/c1-38(2)51-34-47(43-20-12-10-13-21-43)35-52(39(3)4)59(51)62-42(9)58-57(68-62)30-31-64-60(58)45-24-18-26-49(32-45)67-50-27-19-25-46(33-50)63-65-55-28-16-17-29-56(55)66(63)61-53(40(5)6)36-48(37-54(61)41(7)8)44-22-14-11-15-23-44;/h10-31,34-41H,1-9H3;/q-2;+2. The summed E-state index contributed by atoms with van der Waals surface area (Å²) in [5, 5.41) is 0.971. The van der Waals surface area contributed by atoms with Gasteiger partial charge in [0.1, 0.15) is 11.3 Å². The number of hydrogen-bond donors (Lipinski definition) is 0. The summed E-state index contributed by atoms with van der Waals surface area (Å²) in [5.74, 6) is 3.87. The van der Waals surface area contributed by atoms with Gasteiger partial charge in [-0.15, -0.1) is 47.5 Å². The van der Waals surface area contributed by atoms with Gasteiger partial charge < -0.3 is 18.7 Å². The molecule has 6 heteroatoms. The smallest absolute Gasteiger partial charge is 0.497 e. The molecule has 0 unspecified atom stereocenters. The summed E-state index contributed by atoms with van der Waals surface area (Å²) >= 11 is 0. The van der Waals surface area contributed by atoms with E-state index in [1.54, 1.807) is 0 Å². The van der Waals surface area contributed by atoms with Crippen molar-refractivity contribution in [2.45, 2.75) is 86.0 Å². The van der Waals surface area contributed by atoms with Crippen molar-refractivity contribution in [2.24, 2.45) is 0 Å². The predicted molar refractivity (Wildman–Crippen MR) is 281 cm³/mol. The summed E-state index contributed by atoms with van der Waals surface area (Å²) in [6.07, 6.45) is 1.82. The molecule has 0 atom stereocenters. The molecule has 0 amide bonds. The molecule has 0 aliphatic rings. The second-order valence-corrected chi connectivity index (χ2v) is 19.2. The van der Waals surface area contributed by atoms with Gasteiger partial charge >= 0.3 is 21.1 Å². The van der Waals surface area contributed by atoms with E-state index >= 15 is 0 Å². The van der Waals surface area contributed by atoms with Gasteiger partial charge in [0.2, 0.25) is 0 Å². The summed E-state index contributed by atoms with van der Waals surface area (Å²) in [5.41, 5.74) is 18.5. The van der Waals surface area contributed by atoms with E-state index in [2.05, 4.69) is 194 Å². The number of hydrogen-bond acceptors (Lipinski definition) is 4. The molecule has 3 heterocycles. The fourth-order valence-electron chi connectivity index (χ4n) is 9.74. The molecule has 7 aromatic carbocycles. The molecular weight excluding hydrogens is 1030 g/mol. The van der Waals surface area contributed by atoms with Gasteiger partial charge in [0.25, 0.3) is 0 Å². The minimum absolute atomic E-state index is 0. The maximum Gasteiger partial charge on any atom is 2.00 e. The topological polar surface area (TPSA) is 53.1 Å². The van der Waals surface area contributed by atoms with E-state index in [9.17, 15) is 0 Å². The van der Waals surface area contributed by atoms with E-state index in [0.29, 0.717) is 11.5 Å². The van der Waals surface area contributed by atoms with Crippen LogP contribution in [0, 0.1) is 19.1 Å². The summed E-state index contributed by atoms with van der Waals surface area (Å²) in [6, 6.07) is 60.3. The van der Waals surface area contributed by atoms with Crippen LogP contribution in [0.4, 0.5) is 0 Å². The molecule has 10 aromatic rings. The average Bonchev–Trinajstić information content (AvgIpc) is 3.91. The Morgan fingerprint density at radius 2 is 1.04 bits per heavy atom. The zero-order chi connectivity index (χ0) is 47.2. The number of para-hydroxylation sites is 2. The van der Waals surface area contributed by atoms with Crippen LogP contribution in [0.5, 0.6) is 11.5 Å². The number of furan rings is 1. The second kappa shape index (κ2) is 19.7. The molecule has 0 N–H and O–H groups in total. The van der Waals surface area contributed by atoms with E-state index in [4.69, 9.17) is 19.1 Å². The largest absolute Gasteiger partial charge is 2.00 e. The molecule has 0 spiro atoms. The average molecular weight is 1080 g/mol. The number of pyridine rings is 1. The van der Waals surface area contributed by atoms with Crippen LogP contribution in [0.1, 0.15) is 107 Å². The van der Waals surface area contributed by atoms with E-state index in [1.165, 1.54) is 55.8 Å². The van der Waals surface area contributed by atoms with Crippen molar-refractivity contribution in [2.75, 3.05) is 0 Å². The Bertz CT molecular complexity index is 3390. The van der Waals surface area contributed by atoms with E-state index < -0.39 is 0 Å². The van der Waals surface area contributed by atoms with Crippen molar-refractivity contribution < 1.29 is 30.2 Å². The van der Waals surface area contributed by atoms with Gasteiger partial charge in [-0.25, -0.2) is 0 Å². The molecule has 346 valence electrons. The molecule has 0 aliphatic carbocycles. The van der Waals surface area contributed by atoms with E-state index in [0.717, 1.165) is 56.0 Å². The Morgan fingerprint density at radius 1 is 0.536 bits per heavy atom. The van der Waals surface area contributed by atoms with Gasteiger partial charge in [-0.3, -0.25) is 4.98 Å². The number of fused-ring (bicyclic) bond motifs is 2. The Morgan fingerprint density at radius 3 is 1.61 bits per heavy atom. The SMILES string of the molecule is Cc1c(-c2c(C(C)C)cc(-c3ccccc3)cc2C(C)C)oc2ccnc(-c3[c-]c(Oc4[c-]c(-c5nc6ccccc6n5-c5c(C(C)C)cc(-c6ccccc6)cc5C(C)C)ccc4)ccc3)c12.[Pt+2]. The molecule has 0 fully saturated rings. The Kier molecular flexibility index (Phi) is 13.5. The maximum atomic E-state index is 6.89. The van der Waals surface area contributed by atoms with Crippen LogP contribution in [-0.4, -0.2) is 14.5 Å². The number of rotatable bonds is 12. The predicted octanol–water partition coefficient (Wildman–Crippen LogP) is 17.7. The summed E-state index contributed by atoms with van der Waals surface area (Å²) < 4.78 is 15.9. The maximum absolute atomic E-state index is 6.89. The molecular formula is C63H57N3O2Pt. The van der Waals surface area contributed by atoms with Crippen molar-refractivity contribution >= 4 is 22.0 Å². The van der Waals surface area contributed by atoms with Crippen molar-refractivity contribution in [1.29, 1.82) is 0 Å². The van der Waals surface area contributed by atoms with Gasteiger partial charge in [-0.2, -0.15) is 0 Å². The molecule has 5 nitrogen and oxygen atoms in total. The Hall–Kier alpha value is -6.81. The molecule has 3 aromatic heterocycles. The first kappa shape index (κ1) is 47.3. The first-order chi connectivity index (χ1) is 32.9. The van der Waals surface area contributed by atoms with Crippen LogP contribution in [0.15, 0.2) is 162 Å². The minimum Gasteiger partial charge on any atom is -0.497 e. The van der Waals surface area contributed by atoms with Crippen LogP contribution in [0.25, 0.3) is 83.9 Å². The molecule has 69 heavy (non-hydrogen) atoms. The van der Waals surface area contributed by atoms with Gasteiger partial charge in [0, 0.05) is 34.3 Å². The van der Waals surface area contributed by atoms with E-state index in [-0.39, 0.29) is 44.7 Å². The number of benzene rings is 7. The minimum atomic E-state index is 0. The van der Waals surface area contributed by atoms with Crippen molar-refractivity contribution in [3.63, 3.8) is 0 Å². The Labute approximate surface area is 421 Å². The number of imidazole rings is 1. The number of nitrogens with zero attached hydrogens (tertiary/aromatic N) is 3. The normalized spacial score (nSPS) is 11.7. The first-order valence-electron chi connectivity index (χ1n) is 24.0. The Balaban J connectivity index is 0.00000593. The van der Waals surface area contributed by atoms with Crippen LogP contribution >= 0.6 is 0 Å².